The van der Waals surface area contributed by atoms with Crippen molar-refractivity contribution < 1.29 is 5.11 Å². The van der Waals surface area contributed by atoms with E-state index in [9.17, 15) is 5.11 Å². The topological polar surface area (TPSA) is 49.2 Å². The second-order valence-electron chi connectivity index (χ2n) is 8.10. The van der Waals surface area contributed by atoms with Crippen molar-refractivity contribution in [2.45, 2.75) is 20.8 Å². The van der Waals surface area contributed by atoms with E-state index < -0.39 is 0 Å². The summed E-state index contributed by atoms with van der Waals surface area (Å²) in [6.07, 6.45) is 1.61. The summed E-state index contributed by atoms with van der Waals surface area (Å²) in [5, 5.41) is 9.56. The molecule has 0 bridgehead atoms. The number of anilines is 1. The lowest BCUT2D eigenvalue weighted by atomic mass is 10.1. The lowest BCUT2D eigenvalue weighted by Crippen LogP contribution is -2.18. The molecule has 4 aromatic rings. The predicted molar refractivity (Wildman–Crippen MR) is 147 cm³/mol. The van der Waals surface area contributed by atoms with E-state index in [4.69, 9.17) is 0 Å². The van der Waals surface area contributed by atoms with Gasteiger partial charge in [-0.05, 0) is 45.0 Å². The normalized spacial score (nSPS) is 10.7. The van der Waals surface area contributed by atoms with Crippen molar-refractivity contribution in [3.8, 4) is 22.5 Å². The SMILES string of the molecule is C=C(O)/C=C(\C)N(C(=C)C)c1cccc(-c2cc(-c3ccccc3)nc(C)n2)c1.c1ccccc1. The first-order chi connectivity index (χ1) is 16.8. The van der Waals surface area contributed by atoms with Gasteiger partial charge >= 0.3 is 0 Å². The van der Waals surface area contributed by atoms with E-state index in [-0.39, 0.29) is 5.76 Å². The van der Waals surface area contributed by atoms with Gasteiger partial charge in [-0.2, -0.15) is 0 Å². The van der Waals surface area contributed by atoms with Crippen molar-refractivity contribution >= 4 is 5.69 Å². The zero-order chi connectivity index (χ0) is 25.2. The summed E-state index contributed by atoms with van der Waals surface area (Å²) in [5.74, 6) is 0.722. The Bertz CT molecular complexity index is 1280. The van der Waals surface area contributed by atoms with Crippen LogP contribution in [0.2, 0.25) is 0 Å². The minimum Gasteiger partial charge on any atom is -0.509 e. The van der Waals surface area contributed by atoms with Gasteiger partial charge in [-0.3, -0.25) is 0 Å². The van der Waals surface area contributed by atoms with Crippen LogP contribution in [0.1, 0.15) is 19.7 Å². The summed E-state index contributed by atoms with van der Waals surface area (Å²) in [7, 11) is 0. The van der Waals surface area contributed by atoms with Crippen molar-refractivity contribution in [3.05, 3.63) is 139 Å². The molecule has 0 amide bonds. The molecule has 0 aliphatic carbocycles. The van der Waals surface area contributed by atoms with E-state index in [1.807, 2.05) is 117 Å². The van der Waals surface area contributed by atoms with Crippen molar-refractivity contribution in [1.82, 2.24) is 9.97 Å². The Hall–Kier alpha value is -4.44. The number of nitrogens with zero attached hydrogens (tertiary/aromatic N) is 3. The van der Waals surface area contributed by atoms with E-state index in [2.05, 4.69) is 29.2 Å². The van der Waals surface area contributed by atoms with Gasteiger partial charge in [-0.1, -0.05) is 92.0 Å². The minimum absolute atomic E-state index is 0.00355. The first kappa shape index (κ1) is 25.2. The fraction of sp³-hybridized carbons (Fsp3) is 0.0968. The van der Waals surface area contributed by atoms with Crippen molar-refractivity contribution in [2.24, 2.45) is 0 Å². The molecule has 1 heterocycles. The maximum Gasteiger partial charge on any atom is 0.126 e. The molecule has 0 saturated carbocycles. The zero-order valence-corrected chi connectivity index (χ0v) is 20.5. The molecule has 0 aliphatic heterocycles. The highest BCUT2D eigenvalue weighted by molar-refractivity contribution is 5.72. The van der Waals surface area contributed by atoms with E-state index in [1.165, 1.54) is 0 Å². The molecule has 0 aliphatic rings. The second kappa shape index (κ2) is 12.1. The summed E-state index contributed by atoms with van der Waals surface area (Å²) in [4.78, 5) is 11.2. The van der Waals surface area contributed by atoms with Crippen molar-refractivity contribution in [2.75, 3.05) is 4.90 Å². The number of aliphatic hydroxyl groups is 1. The molecule has 4 nitrogen and oxygen atoms in total. The molecule has 0 radical (unpaired) electrons. The van der Waals surface area contributed by atoms with Gasteiger partial charge in [0.1, 0.15) is 11.6 Å². The molecule has 0 atom stereocenters. The summed E-state index contributed by atoms with van der Waals surface area (Å²) < 4.78 is 0. The minimum atomic E-state index is 0.00355. The molecular formula is C31H31N3O. The number of benzene rings is 3. The van der Waals surface area contributed by atoms with Gasteiger partial charge < -0.3 is 10.0 Å². The lowest BCUT2D eigenvalue weighted by molar-refractivity contribution is 0.434. The highest BCUT2D eigenvalue weighted by Gasteiger charge is 2.13. The van der Waals surface area contributed by atoms with Crippen LogP contribution in [0.5, 0.6) is 0 Å². The lowest BCUT2D eigenvalue weighted by Gasteiger charge is -2.26. The average molecular weight is 462 g/mol. The van der Waals surface area contributed by atoms with E-state index in [0.29, 0.717) is 0 Å². The van der Waals surface area contributed by atoms with Crippen LogP contribution in [-0.4, -0.2) is 15.1 Å². The van der Waals surface area contributed by atoms with Crippen molar-refractivity contribution in [1.29, 1.82) is 0 Å². The van der Waals surface area contributed by atoms with Gasteiger partial charge in [-0.25, -0.2) is 9.97 Å². The number of aryl methyl sites for hydroxylation is 1. The number of hydrogen-bond acceptors (Lipinski definition) is 4. The van der Waals surface area contributed by atoms with Crippen LogP contribution in [0.3, 0.4) is 0 Å². The number of aromatic nitrogens is 2. The van der Waals surface area contributed by atoms with E-state index >= 15 is 0 Å². The Morgan fingerprint density at radius 1 is 0.743 bits per heavy atom. The molecule has 35 heavy (non-hydrogen) atoms. The molecule has 1 N–H and O–H groups in total. The summed E-state index contributed by atoms with van der Waals surface area (Å²) in [5.41, 5.74) is 6.37. The molecule has 176 valence electrons. The Labute approximate surface area is 208 Å². The van der Waals surface area contributed by atoms with Crippen LogP contribution in [0, 0.1) is 6.92 Å². The maximum absolute atomic E-state index is 9.56. The Morgan fingerprint density at radius 2 is 1.26 bits per heavy atom. The first-order valence-electron chi connectivity index (χ1n) is 11.4. The third kappa shape index (κ3) is 7.27. The predicted octanol–water partition coefficient (Wildman–Crippen LogP) is 8.12. The van der Waals surface area contributed by atoms with Gasteiger partial charge in [0.25, 0.3) is 0 Å². The first-order valence-corrected chi connectivity index (χ1v) is 11.4. The van der Waals surface area contributed by atoms with Crippen LogP contribution in [0.4, 0.5) is 5.69 Å². The van der Waals surface area contributed by atoms with Crippen LogP contribution >= 0.6 is 0 Å². The van der Waals surface area contributed by atoms with Gasteiger partial charge in [0.05, 0.1) is 11.4 Å². The highest BCUT2D eigenvalue weighted by Crippen LogP contribution is 2.30. The fourth-order valence-electron chi connectivity index (χ4n) is 3.69. The molecule has 1 aromatic heterocycles. The number of allylic oxidation sites excluding steroid dienone is 3. The summed E-state index contributed by atoms with van der Waals surface area (Å²) in [6.45, 7) is 13.4. The zero-order valence-electron chi connectivity index (χ0n) is 20.5. The third-order valence-corrected chi connectivity index (χ3v) is 5.08. The van der Waals surface area contributed by atoms with Crippen LogP contribution in [0.15, 0.2) is 133 Å². The Balaban J connectivity index is 0.000000497. The quantitative estimate of drug-likeness (QED) is 0.233. The summed E-state index contributed by atoms with van der Waals surface area (Å²) in [6, 6.07) is 32.2. The average Bonchev–Trinajstić information content (AvgIpc) is 2.85. The van der Waals surface area contributed by atoms with Crippen molar-refractivity contribution in [3.63, 3.8) is 0 Å². The van der Waals surface area contributed by atoms with Gasteiger partial charge in [0, 0.05) is 28.2 Å². The molecule has 0 unspecified atom stereocenters. The van der Waals surface area contributed by atoms with Crippen LogP contribution < -0.4 is 4.90 Å². The third-order valence-electron chi connectivity index (χ3n) is 5.08. The number of hydrogen-bond donors (Lipinski definition) is 1. The molecule has 0 fully saturated rings. The van der Waals surface area contributed by atoms with Crippen LogP contribution in [0.25, 0.3) is 22.5 Å². The molecular weight excluding hydrogens is 430 g/mol. The van der Waals surface area contributed by atoms with Crippen LogP contribution in [-0.2, 0) is 0 Å². The largest absolute Gasteiger partial charge is 0.509 e. The smallest absolute Gasteiger partial charge is 0.126 e. The second-order valence-corrected chi connectivity index (χ2v) is 8.10. The maximum atomic E-state index is 9.56. The van der Waals surface area contributed by atoms with Gasteiger partial charge in [-0.15, -0.1) is 0 Å². The number of aliphatic hydroxyl groups excluding tert-OH is 1. The van der Waals surface area contributed by atoms with E-state index in [1.54, 1.807) is 6.08 Å². The molecule has 0 saturated heterocycles. The molecule has 0 spiro atoms. The molecule has 4 rings (SSSR count). The summed E-state index contributed by atoms with van der Waals surface area (Å²) >= 11 is 0. The molecule has 4 heteroatoms. The standard InChI is InChI=1S/C25H25N3O.C6H6/c1-17(2)28(18(3)14-19(4)29)23-13-9-12-22(15-23)25-16-24(26-20(5)27-25)21-10-7-6-8-11-21;1-2-4-6-5-3-1/h6-16,29H,1,4H2,2-3,5H3;1-6H/b18-14+;. The number of rotatable bonds is 6. The Morgan fingerprint density at radius 3 is 1.80 bits per heavy atom. The van der Waals surface area contributed by atoms with Gasteiger partial charge in [0.2, 0.25) is 0 Å². The Kier molecular flexibility index (Phi) is 8.74. The molecule has 3 aromatic carbocycles. The fourth-order valence-corrected chi connectivity index (χ4v) is 3.69. The highest BCUT2D eigenvalue weighted by atomic mass is 16.3. The van der Waals surface area contributed by atoms with Gasteiger partial charge in [0.15, 0.2) is 0 Å². The monoisotopic (exact) mass is 461 g/mol. The van der Waals surface area contributed by atoms with E-state index in [0.717, 1.165) is 45.4 Å².